The third-order valence-electron chi connectivity index (χ3n) is 4.17. The van der Waals surface area contributed by atoms with Crippen LogP contribution in [0.1, 0.15) is 11.1 Å². The van der Waals surface area contributed by atoms with E-state index in [1.807, 2.05) is 12.1 Å². The number of carbonyl (C=O) groups is 1. The lowest BCUT2D eigenvalue weighted by Gasteiger charge is -2.15. The summed E-state index contributed by atoms with van der Waals surface area (Å²) in [6, 6.07) is 16.0. The van der Waals surface area contributed by atoms with Crippen LogP contribution in [0.25, 0.3) is 21.5 Å². The first kappa shape index (κ1) is 15.8. The number of carboxylic acid groups (broad SMARTS) is 1. The van der Waals surface area contributed by atoms with E-state index in [0.717, 1.165) is 5.75 Å². The molecule has 23 heavy (non-hydrogen) atoms. The average Bonchev–Trinajstić information content (AvgIpc) is 2.57. The predicted octanol–water partition coefficient (Wildman–Crippen LogP) is 3.95. The predicted molar refractivity (Wildman–Crippen MR) is 98.0 cm³/mol. The fourth-order valence-electron chi connectivity index (χ4n) is 2.95. The van der Waals surface area contributed by atoms with Crippen LogP contribution in [0.4, 0.5) is 0 Å². The van der Waals surface area contributed by atoms with Crippen molar-refractivity contribution in [2.75, 3.05) is 5.75 Å². The van der Waals surface area contributed by atoms with Crippen LogP contribution in [0.5, 0.6) is 0 Å². The highest BCUT2D eigenvalue weighted by atomic mass is 32.2. The van der Waals surface area contributed by atoms with Crippen LogP contribution in [-0.4, -0.2) is 22.9 Å². The molecule has 0 aliphatic heterocycles. The second-order valence-corrected chi connectivity index (χ2v) is 6.68. The molecule has 0 aliphatic rings. The Morgan fingerprint density at radius 2 is 1.52 bits per heavy atom. The fraction of sp³-hybridized carbons (Fsp3) is 0.211. The molecule has 0 saturated carbocycles. The molecule has 0 aliphatic carbocycles. The average molecular weight is 325 g/mol. The summed E-state index contributed by atoms with van der Waals surface area (Å²) in [6.07, 6.45) is 0. The standard InChI is InChI=1S/C19H19NO2S/c1-12-13-6-2-4-8-15(13)17(10-23-11-18(20)19(21)22)16-9-5-3-7-14(12)16/h2-9,18H,10-11,20H2,1H3,(H,21,22)/t18-/m1/s1. The molecule has 0 aromatic heterocycles. The number of rotatable bonds is 5. The molecular weight excluding hydrogens is 306 g/mol. The van der Waals surface area contributed by atoms with Crippen molar-refractivity contribution in [3.63, 3.8) is 0 Å². The molecule has 0 saturated heterocycles. The van der Waals surface area contributed by atoms with E-state index < -0.39 is 12.0 Å². The quantitative estimate of drug-likeness (QED) is 0.697. The summed E-state index contributed by atoms with van der Waals surface area (Å²) in [6.45, 7) is 2.15. The molecule has 1 atom stereocenters. The molecule has 0 radical (unpaired) electrons. The number of nitrogens with two attached hydrogens (primary N) is 1. The van der Waals surface area contributed by atoms with E-state index in [1.54, 1.807) is 11.8 Å². The molecule has 3 aromatic rings. The third-order valence-corrected chi connectivity index (χ3v) is 5.26. The minimum Gasteiger partial charge on any atom is -0.480 e. The molecule has 0 bridgehead atoms. The van der Waals surface area contributed by atoms with Gasteiger partial charge >= 0.3 is 5.97 Å². The van der Waals surface area contributed by atoms with Gasteiger partial charge in [0.05, 0.1) is 0 Å². The van der Waals surface area contributed by atoms with E-state index >= 15 is 0 Å². The Hall–Kier alpha value is -2.04. The van der Waals surface area contributed by atoms with Gasteiger partial charge in [0.25, 0.3) is 0 Å². The maximum absolute atomic E-state index is 10.9. The molecule has 3 rings (SSSR count). The van der Waals surface area contributed by atoms with E-state index in [2.05, 4.69) is 43.3 Å². The highest BCUT2D eigenvalue weighted by molar-refractivity contribution is 7.98. The van der Waals surface area contributed by atoms with Gasteiger partial charge in [0.15, 0.2) is 0 Å². The van der Waals surface area contributed by atoms with Gasteiger partial charge < -0.3 is 10.8 Å². The van der Waals surface area contributed by atoms with E-state index in [0.29, 0.717) is 5.75 Å². The monoisotopic (exact) mass is 325 g/mol. The lowest BCUT2D eigenvalue weighted by Crippen LogP contribution is -2.32. The van der Waals surface area contributed by atoms with Crippen molar-refractivity contribution in [3.05, 3.63) is 59.7 Å². The first-order valence-corrected chi connectivity index (χ1v) is 8.70. The zero-order chi connectivity index (χ0) is 16.4. The molecule has 0 unspecified atom stereocenters. The Labute approximate surface area is 139 Å². The first-order valence-electron chi connectivity index (χ1n) is 7.54. The Balaban J connectivity index is 2.06. The second kappa shape index (κ2) is 6.60. The number of hydrogen-bond donors (Lipinski definition) is 2. The summed E-state index contributed by atoms with van der Waals surface area (Å²) in [7, 11) is 0. The van der Waals surface area contributed by atoms with E-state index in [-0.39, 0.29) is 0 Å². The Morgan fingerprint density at radius 3 is 2.00 bits per heavy atom. The van der Waals surface area contributed by atoms with Gasteiger partial charge in [0.1, 0.15) is 6.04 Å². The molecule has 0 fully saturated rings. The van der Waals surface area contributed by atoms with Gasteiger partial charge in [-0.2, -0.15) is 11.8 Å². The third kappa shape index (κ3) is 3.05. The summed E-state index contributed by atoms with van der Waals surface area (Å²) in [4.78, 5) is 10.9. The van der Waals surface area contributed by atoms with Crippen LogP contribution in [0.15, 0.2) is 48.5 Å². The minimum atomic E-state index is -0.948. The van der Waals surface area contributed by atoms with E-state index in [9.17, 15) is 4.79 Å². The van der Waals surface area contributed by atoms with Gasteiger partial charge in [-0.15, -0.1) is 0 Å². The van der Waals surface area contributed by atoms with E-state index in [4.69, 9.17) is 10.8 Å². The summed E-state index contributed by atoms with van der Waals surface area (Å²) in [5.74, 6) is 0.213. The number of aliphatic carboxylic acids is 1. The summed E-state index contributed by atoms with van der Waals surface area (Å²) in [5.41, 5.74) is 8.15. The van der Waals surface area contributed by atoms with E-state index in [1.165, 1.54) is 32.7 Å². The van der Waals surface area contributed by atoms with Gasteiger partial charge in [0, 0.05) is 11.5 Å². The van der Waals surface area contributed by atoms with Gasteiger partial charge in [-0.1, -0.05) is 48.5 Å². The van der Waals surface area contributed by atoms with Gasteiger partial charge in [0.2, 0.25) is 0 Å². The normalized spacial score (nSPS) is 12.6. The lowest BCUT2D eigenvalue weighted by atomic mass is 9.93. The van der Waals surface area contributed by atoms with Crippen molar-refractivity contribution < 1.29 is 9.90 Å². The molecule has 0 heterocycles. The number of fused-ring (bicyclic) bond motifs is 2. The Morgan fingerprint density at radius 1 is 1.04 bits per heavy atom. The van der Waals surface area contributed by atoms with Crippen molar-refractivity contribution in [1.29, 1.82) is 0 Å². The summed E-state index contributed by atoms with van der Waals surface area (Å²) >= 11 is 1.57. The molecule has 4 heteroatoms. The molecular formula is C19H19NO2S. The van der Waals surface area contributed by atoms with Crippen molar-refractivity contribution in [1.82, 2.24) is 0 Å². The van der Waals surface area contributed by atoms with Gasteiger partial charge in [-0.3, -0.25) is 4.79 Å². The van der Waals surface area contributed by atoms with Crippen LogP contribution in [-0.2, 0) is 10.5 Å². The lowest BCUT2D eigenvalue weighted by molar-refractivity contribution is -0.137. The molecule has 3 N–H and O–H groups in total. The van der Waals surface area contributed by atoms with Crippen LogP contribution in [0.2, 0.25) is 0 Å². The van der Waals surface area contributed by atoms with Crippen molar-refractivity contribution >= 4 is 39.3 Å². The maximum atomic E-state index is 10.9. The largest absolute Gasteiger partial charge is 0.480 e. The summed E-state index contributed by atoms with van der Waals surface area (Å²) in [5, 5.41) is 13.9. The molecule has 3 nitrogen and oxygen atoms in total. The maximum Gasteiger partial charge on any atom is 0.321 e. The number of thioether (sulfide) groups is 1. The van der Waals surface area contributed by atoms with Crippen molar-refractivity contribution in [2.45, 2.75) is 18.7 Å². The number of aryl methyl sites for hydroxylation is 1. The number of carboxylic acids is 1. The van der Waals surface area contributed by atoms with Gasteiger partial charge in [-0.25, -0.2) is 0 Å². The molecule has 0 spiro atoms. The smallest absolute Gasteiger partial charge is 0.321 e. The minimum absolute atomic E-state index is 0.409. The second-order valence-electron chi connectivity index (χ2n) is 5.65. The highest BCUT2D eigenvalue weighted by Gasteiger charge is 2.14. The molecule has 0 amide bonds. The van der Waals surface area contributed by atoms with Crippen molar-refractivity contribution in [3.8, 4) is 0 Å². The Bertz CT molecular complexity index is 819. The highest BCUT2D eigenvalue weighted by Crippen LogP contribution is 2.34. The van der Waals surface area contributed by atoms with Gasteiger partial charge in [-0.05, 0) is 39.6 Å². The van der Waals surface area contributed by atoms with Crippen molar-refractivity contribution in [2.24, 2.45) is 5.73 Å². The Kier molecular flexibility index (Phi) is 4.55. The fourth-order valence-corrected chi connectivity index (χ4v) is 3.98. The first-order chi connectivity index (χ1) is 11.1. The van der Waals surface area contributed by atoms with Crippen LogP contribution in [0.3, 0.4) is 0 Å². The summed E-state index contributed by atoms with van der Waals surface area (Å²) < 4.78 is 0. The van der Waals surface area contributed by atoms with Crippen LogP contribution >= 0.6 is 11.8 Å². The topological polar surface area (TPSA) is 63.3 Å². The molecule has 118 valence electrons. The zero-order valence-corrected chi connectivity index (χ0v) is 13.8. The number of benzene rings is 3. The molecule has 3 aromatic carbocycles. The number of hydrogen-bond acceptors (Lipinski definition) is 3. The van der Waals surface area contributed by atoms with Crippen LogP contribution < -0.4 is 5.73 Å². The van der Waals surface area contributed by atoms with Crippen LogP contribution in [0, 0.1) is 6.92 Å². The zero-order valence-electron chi connectivity index (χ0n) is 13.0. The SMILES string of the molecule is Cc1c2ccccc2c(CSC[C@@H](N)C(=O)O)c2ccccc12.